The Morgan fingerprint density at radius 1 is 1.17 bits per heavy atom. The minimum Gasteiger partial charge on any atom is -0.345 e. The Kier molecular flexibility index (Phi) is 4.97. The van der Waals surface area contributed by atoms with Crippen LogP contribution in [0.1, 0.15) is 21.9 Å². The fraction of sp³-hybridized carbons (Fsp3) is 0.111. The van der Waals surface area contributed by atoms with Crippen molar-refractivity contribution in [2.75, 3.05) is 0 Å². The molecule has 0 fully saturated rings. The van der Waals surface area contributed by atoms with Gasteiger partial charge in [-0.05, 0) is 35.2 Å². The average Bonchev–Trinajstić information content (AvgIpc) is 3.35. The maximum Gasteiger partial charge on any atom is 0.433 e. The van der Waals surface area contributed by atoms with E-state index in [1.807, 2.05) is 0 Å². The van der Waals surface area contributed by atoms with Crippen molar-refractivity contribution in [1.29, 1.82) is 0 Å². The number of fused-ring (bicyclic) bond motifs is 1. The second-order valence-electron chi connectivity index (χ2n) is 5.96. The summed E-state index contributed by atoms with van der Waals surface area (Å²) in [6.07, 6.45) is -4.70. The molecular weight excluding hydrogens is 427 g/mol. The molecule has 1 N–H and O–H groups in total. The third-order valence-corrected chi connectivity index (χ3v) is 5.09. The minimum absolute atomic E-state index is 0.111. The number of aromatic nitrogens is 4. The Hall–Kier alpha value is -2.98. The van der Waals surface area contributed by atoms with Crippen molar-refractivity contribution in [3.05, 3.63) is 69.9 Å². The van der Waals surface area contributed by atoms with Crippen molar-refractivity contribution < 1.29 is 18.0 Å². The molecule has 3 aromatic heterocycles. The van der Waals surface area contributed by atoms with Crippen LogP contribution < -0.4 is 5.32 Å². The van der Waals surface area contributed by atoms with Crippen LogP contribution in [0, 0.1) is 0 Å². The SMILES string of the molecule is O=C(NCc1ccc(Cl)cc1)c1nc2nc(-c3cccs3)cc(C(F)(F)F)n2n1. The number of carbonyl (C=O) groups is 1. The molecule has 148 valence electrons. The molecule has 0 atom stereocenters. The molecule has 0 saturated carbocycles. The van der Waals surface area contributed by atoms with Gasteiger partial charge in [-0.3, -0.25) is 4.79 Å². The Morgan fingerprint density at radius 3 is 2.59 bits per heavy atom. The van der Waals surface area contributed by atoms with E-state index in [0.29, 0.717) is 14.4 Å². The van der Waals surface area contributed by atoms with E-state index in [1.54, 1.807) is 41.8 Å². The predicted molar refractivity (Wildman–Crippen MR) is 102 cm³/mol. The third-order valence-electron chi connectivity index (χ3n) is 3.95. The predicted octanol–water partition coefficient (Wildman–Crippen LogP) is 4.46. The summed E-state index contributed by atoms with van der Waals surface area (Å²) >= 11 is 7.06. The first-order valence-corrected chi connectivity index (χ1v) is 9.48. The second-order valence-corrected chi connectivity index (χ2v) is 7.34. The van der Waals surface area contributed by atoms with Gasteiger partial charge in [0.2, 0.25) is 5.82 Å². The van der Waals surface area contributed by atoms with Crippen LogP contribution in [0.2, 0.25) is 5.02 Å². The first kappa shape index (κ1) is 19.3. The van der Waals surface area contributed by atoms with Gasteiger partial charge in [-0.1, -0.05) is 29.8 Å². The molecule has 11 heteroatoms. The van der Waals surface area contributed by atoms with Crippen LogP contribution in [-0.2, 0) is 12.7 Å². The molecule has 0 saturated heterocycles. The molecule has 4 aromatic rings. The number of thiophene rings is 1. The minimum atomic E-state index is -4.70. The first-order chi connectivity index (χ1) is 13.8. The van der Waals surface area contributed by atoms with Gasteiger partial charge in [0.1, 0.15) is 0 Å². The summed E-state index contributed by atoms with van der Waals surface area (Å²) in [5.74, 6) is -1.42. The molecular formula is C18H11ClF3N5OS. The topological polar surface area (TPSA) is 72.2 Å². The second kappa shape index (κ2) is 7.45. The molecule has 0 radical (unpaired) electrons. The zero-order valence-electron chi connectivity index (χ0n) is 14.4. The van der Waals surface area contributed by atoms with Crippen molar-refractivity contribution in [2.45, 2.75) is 12.7 Å². The number of carbonyl (C=O) groups excluding carboxylic acids is 1. The lowest BCUT2D eigenvalue weighted by Gasteiger charge is -2.09. The highest BCUT2D eigenvalue weighted by Crippen LogP contribution is 2.33. The van der Waals surface area contributed by atoms with Crippen molar-refractivity contribution >= 4 is 34.6 Å². The Morgan fingerprint density at radius 2 is 1.93 bits per heavy atom. The molecule has 6 nitrogen and oxygen atoms in total. The molecule has 0 aliphatic heterocycles. The number of halogens is 4. The van der Waals surface area contributed by atoms with Gasteiger partial charge < -0.3 is 5.32 Å². The van der Waals surface area contributed by atoms with E-state index in [2.05, 4.69) is 20.4 Å². The summed E-state index contributed by atoms with van der Waals surface area (Å²) in [7, 11) is 0. The Labute approximate surface area is 171 Å². The number of rotatable bonds is 4. The van der Waals surface area contributed by atoms with Crippen LogP contribution in [0.4, 0.5) is 13.2 Å². The van der Waals surface area contributed by atoms with E-state index in [0.717, 1.165) is 11.6 Å². The molecule has 1 amide bonds. The summed E-state index contributed by atoms with van der Waals surface area (Å²) in [4.78, 5) is 20.9. The first-order valence-electron chi connectivity index (χ1n) is 8.23. The average molecular weight is 438 g/mol. The Balaban J connectivity index is 1.67. The summed E-state index contributed by atoms with van der Waals surface area (Å²) < 4.78 is 41.1. The van der Waals surface area contributed by atoms with Crippen molar-refractivity contribution in [1.82, 2.24) is 24.9 Å². The molecule has 1 aromatic carbocycles. The van der Waals surface area contributed by atoms with Gasteiger partial charge in [0.15, 0.2) is 5.69 Å². The highest BCUT2D eigenvalue weighted by Gasteiger charge is 2.36. The van der Waals surface area contributed by atoms with Crippen LogP contribution in [0.25, 0.3) is 16.3 Å². The summed E-state index contributed by atoms with van der Waals surface area (Å²) in [6, 6.07) is 11.0. The van der Waals surface area contributed by atoms with Gasteiger partial charge in [0.05, 0.1) is 10.6 Å². The monoisotopic (exact) mass is 437 g/mol. The molecule has 3 heterocycles. The highest BCUT2D eigenvalue weighted by molar-refractivity contribution is 7.13. The van der Waals surface area contributed by atoms with Crippen LogP contribution in [-0.4, -0.2) is 25.5 Å². The van der Waals surface area contributed by atoms with E-state index >= 15 is 0 Å². The smallest absolute Gasteiger partial charge is 0.345 e. The number of hydrogen-bond donors (Lipinski definition) is 1. The van der Waals surface area contributed by atoms with E-state index in [1.165, 1.54) is 11.3 Å². The van der Waals surface area contributed by atoms with E-state index in [-0.39, 0.29) is 18.0 Å². The lowest BCUT2D eigenvalue weighted by Crippen LogP contribution is -2.24. The largest absolute Gasteiger partial charge is 0.433 e. The number of hydrogen-bond acceptors (Lipinski definition) is 5. The van der Waals surface area contributed by atoms with Crippen LogP contribution in [0.15, 0.2) is 47.8 Å². The zero-order chi connectivity index (χ0) is 20.6. The van der Waals surface area contributed by atoms with E-state index < -0.39 is 23.6 Å². The van der Waals surface area contributed by atoms with Crippen molar-refractivity contribution in [3.8, 4) is 10.6 Å². The third kappa shape index (κ3) is 4.08. The summed E-state index contributed by atoms with van der Waals surface area (Å²) in [6.45, 7) is 0.144. The van der Waals surface area contributed by atoms with Gasteiger partial charge in [-0.25, -0.2) is 4.98 Å². The number of amides is 1. The lowest BCUT2D eigenvalue weighted by atomic mass is 10.2. The van der Waals surface area contributed by atoms with Gasteiger partial charge >= 0.3 is 6.18 Å². The van der Waals surface area contributed by atoms with Crippen LogP contribution >= 0.6 is 22.9 Å². The van der Waals surface area contributed by atoms with Gasteiger partial charge in [-0.15, -0.1) is 16.4 Å². The number of benzene rings is 1. The van der Waals surface area contributed by atoms with Gasteiger partial charge in [-0.2, -0.15) is 22.7 Å². The number of nitrogens with zero attached hydrogens (tertiary/aromatic N) is 4. The van der Waals surface area contributed by atoms with Gasteiger partial charge in [0.25, 0.3) is 11.7 Å². The molecule has 0 aliphatic carbocycles. The van der Waals surface area contributed by atoms with Crippen LogP contribution in [0.5, 0.6) is 0 Å². The quantitative estimate of drug-likeness (QED) is 0.512. The number of nitrogens with one attached hydrogen (secondary N) is 1. The van der Waals surface area contributed by atoms with Crippen molar-refractivity contribution in [2.24, 2.45) is 0 Å². The standard InChI is InChI=1S/C18H11ClF3N5OS/c19-11-5-3-10(4-6-11)9-23-16(28)15-25-17-24-12(13-2-1-7-29-13)8-14(18(20,21)22)27(17)26-15/h1-8H,9H2,(H,23,28). The van der Waals surface area contributed by atoms with Crippen molar-refractivity contribution in [3.63, 3.8) is 0 Å². The normalized spacial score (nSPS) is 11.7. The maximum atomic E-state index is 13.5. The summed E-state index contributed by atoms with van der Waals surface area (Å²) in [5, 5.41) is 8.57. The Bertz CT molecular complexity index is 1170. The molecule has 0 aliphatic rings. The molecule has 0 spiro atoms. The van der Waals surface area contributed by atoms with Gasteiger partial charge in [0, 0.05) is 11.6 Å². The fourth-order valence-corrected chi connectivity index (χ4v) is 3.39. The highest BCUT2D eigenvalue weighted by atomic mass is 35.5. The molecule has 4 rings (SSSR count). The molecule has 0 bridgehead atoms. The van der Waals surface area contributed by atoms with Crippen LogP contribution in [0.3, 0.4) is 0 Å². The molecule has 29 heavy (non-hydrogen) atoms. The molecule has 0 unspecified atom stereocenters. The fourth-order valence-electron chi connectivity index (χ4n) is 2.58. The van der Waals surface area contributed by atoms with E-state index in [9.17, 15) is 18.0 Å². The summed E-state index contributed by atoms with van der Waals surface area (Å²) in [5.41, 5.74) is -0.184. The maximum absolute atomic E-state index is 13.5. The number of alkyl halides is 3. The van der Waals surface area contributed by atoms with E-state index in [4.69, 9.17) is 11.6 Å². The lowest BCUT2D eigenvalue weighted by molar-refractivity contribution is -0.142. The zero-order valence-corrected chi connectivity index (χ0v) is 16.0.